The molecule has 0 saturated carbocycles. The number of aryl methyl sites for hydroxylation is 1. The van der Waals surface area contributed by atoms with Crippen LogP contribution >= 0.6 is 0 Å². The fraction of sp³-hybridized carbons (Fsp3) is 0.700. The molecule has 4 heteroatoms. The van der Waals surface area contributed by atoms with Crippen LogP contribution in [-0.2, 0) is 11.3 Å². The first-order valence-electron chi connectivity index (χ1n) is 9.49. The lowest BCUT2D eigenvalue weighted by molar-refractivity contribution is 0.117. The average Bonchev–Trinajstić information content (AvgIpc) is 2.59. The second-order valence-electron chi connectivity index (χ2n) is 7.68. The summed E-state index contributed by atoms with van der Waals surface area (Å²) in [5.41, 5.74) is 4.24. The van der Waals surface area contributed by atoms with Crippen molar-refractivity contribution in [3.63, 3.8) is 0 Å². The number of piperazine rings is 1. The minimum atomic E-state index is 0.770. The lowest BCUT2D eigenvalue weighted by Crippen LogP contribution is -2.46. The van der Waals surface area contributed by atoms with E-state index < -0.39 is 0 Å². The fourth-order valence-electron chi connectivity index (χ4n) is 3.76. The highest BCUT2D eigenvalue weighted by Crippen LogP contribution is 2.22. The van der Waals surface area contributed by atoms with E-state index in [1.54, 1.807) is 0 Å². The van der Waals surface area contributed by atoms with Crippen LogP contribution in [0.4, 0.5) is 5.69 Å². The van der Waals surface area contributed by atoms with Gasteiger partial charge in [0.25, 0.3) is 0 Å². The van der Waals surface area contributed by atoms with Crippen LogP contribution in [0, 0.1) is 12.8 Å². The molecule has 0 N–H and O–H groups in total. The molecule has 3 rings (SSSR count). The predicted octanol–water partition coefficient (Wildman–Crippen LogP) is 2.61. The van der Waals surface area contributed by atoms with Crippen molar-refractivity contribution in [2.75, 3.05) is 63.9 Å². The van der Waals surface area contributed by atoms with Gasteiger partial charge in [0.05, 0.1) is 13.2 Å². The normalized spacial score (nSPS) is 20.8. The van der Waals surface area contributed by atoms with Gasteiger partial charge in [0.15, 0.2) is 0 Å². The molecule has 2 heterocycles. The molecule has 0 unspecified atom stereocenters. The zero-order valence-electron chi connectivity index (χ0n) is 15.6. The number of ether oxygens (including phenoxy) is 1. The molecule has 0 radical (unpaired) electrons. The van der Waals surface area contributed by atoms with Crippen molar-refractivity contribution in [2.24, 2.45) is 5.92 Å². The molecule has 2 saturated heterocycles. The van der Waals surface area contributed by atoms with Gasteiger partial charge in [-0.15, -0.1) is 0 Å². The maximum Gasteiger partial charge on any atom is 0.0642 e. The number of morpholine rings is 1. The lowest BCUT2D eigenvalue weighted by Gasteiger charge is -2.36. The number of hydrogen-bond acceptors (Lipinski definition) is 4. The number of nitrogens with zero attached hydrogens (tertiary/aromatic N) is 3. The molecule has 1 aromatic carbocycles. The van der Waals surface area contributed by atoms with Gasteiger partial charge < -0.3 is 14.5 Å². The largest absolute Gasteiger partial charge is 0.378 e. The van der Waals surface area contributed by atoms with Crippen molar-refractivity contribution in [3.05, 3.63) is 29.3 Å². The number of hydrogen-bond donors (Lipinski definition) is 0. The van der Waals surface area contributed by atoms with Gasteiger partial charge in [-0.2, -0.15) is 0 Å². The number of anilines is 1. The fourth-order valence-corrected chi connectivity index (χ4v) is 3.76. The molecular weight excluding hydrogens is 298 g/mol. The Kier molecular flexibility index (Phi) is 6.14. The average molecular weight is 332 g/mol. The van der Waals surface area contributed by atoms with E-state index in [1.807, 2.05) is 0 Å². The van der Waals surface area contributed by atoms with E-state index in [1.165, 1.54) is 49.5 Å². The Morgan fingerprint density at radius 3 is 2.25 bits per heavy atom. The van der Waals surface area contributed by atoms with Gasteiger partial charge in [0.1, 0.15) is 0 Å². The van der Waals surface area contributed by atoms with Crippen LogP contribution < -0.4 is 4.90 Å². The second kappa shape index (κ2) is 8.32. The number of rotatable bonds is 5. The molecule has 2 aliphatic rings. The molecule has 24 heavy (non-hydrogen) atoms. The third-order valence-electron chi connectivity index (χ3n) is 5.18. The van der Waals surface area contributed by atoms with Crippen LogP contribution in [0.3, 0.4) is 0 Å². The maximum absolute atomic E-state index is 5.46. The molecule has 0 aromatic heterocycles. The highest BCUT2D eigenvalue weighted by Gasteiger charge is 2.18. The maximum atomic E-state index is 5.46. The summed E-state index contributed by atoms with van der Waals surface area (Å²) in [6.07, 6.45) is 0. The highest BCUT2D eigenvalue weighted by atomic mass is 16.5. The van der Waals surface area contributed by atoms with E-state index >= 15 is 0 Å². The van der Waals surface area contributed by atoms with Gasteiger partial charge in [0.2, 0.25) is 0 Å². The van der Waals surface area contributed by atoms with E-state index in [4.69, 9.17) is 4.74 Å². The van der Waals surface area contributed by atoms with Crippen LogP contribution in [0.15, 0.2) is 18.2 Å². The smallest absolute Gasteiger partial charge is 0.0642 e. The predicted molar refractivity (Wildman–Crippen MR) is 101 cm³/mol. The first-order valence-corrected chi connectivity index (χ1v) is 9.49. The zero-order chi connectivity index (χ0) is 16.9. The van der Waals surface area contributed by atoms with Gasteiger partial charge >= 0.3 is 0 Å². The zero-order valence-corrected chi connectivity index (χ0v) is 15.6. The SMILES string of the molecule is Cc1cc(N2CCOCC2)ccc1CN1CCN(CC(C)C)CC1. The second-order valence-corrected chi connectivity index (χ2v) is 7.68. The Morgan fingerprint density at radius 1 is 0.958 bits per heavy atom. The Bertz CT molecular complexity index is 518. The summed E-state index contributed by atoms with van der Waals surface area (Å²) in [6, 6.07) is 6.99. The molecule has 1 aromatic rings. The topological polar surface area (TPSA) is 19.0 Å². The summed E-state index contributed by atoms with van der Waals surface area (Å²) < 4.78 is 5.46. The minimum Gasteiger partial charge on any atom is -0.378 e. The van der Waals surface area contributed by atoms with Crippen molar-refractivity contribution in [2.45, 2.75) is 27.3 Å². The van der Waals surface area contributed by atoms with Gasteiger partial charge in [-0.05, 0) is 36.1 Å². The van der Waals surface area contributed by atoms with E-state index in [0.717, 1.165) is 38.8 Å². The minimum absolute atomic E-state index is 0.770. The molecule has 4 nitrogen and oxygen atoms in total. The number of benzene rings is 1. The van der Waals surface area contributed by atoms with Crippen molar-refractivity contribution in [1.29, 1.82) is 0 Å². The molecular formula is C20H33N3O. The molecule has 0 spiro atoms. The Morgan fingerprint density at radius 2 is 1.62 bits per heavy atom. The van der Waals surface area contributed by atoms with Crippen LogP contribution in [-0.4, -0.2) is 68.8 Å². The van der Waals surface area contributed by atoms with Gasteiger partial charge in [-0.1, -0.05) is 19.9 Å². The Labute approximate surface area is 147 Å². The molecule has 134 valence electrons. The monoisotopic (exact) mass is 331 g/mol. The third kappa shape index (κ3) is 4.71. The van der Waals surface area contributed by atoms with Crippen molar-refractivity contribution < 1.29 is 4.74 Å². The summed E-state index contributed by atoms with van der Waals surface area (Å²) in [5.74, 6) is 0.770. The van der Waals surface area contributed by atoms with Gasteiger partial charge in [0, 0.05) is 58.0 Å². The van der Waals surface area contributed by atoms with Crippen LogP contribution in [0.2, 0.25) is 0 Å². The molecule has 0 atom stereocenters. The quantitative estimate of drug-likeness (QED) is 0.825. The molecule has 0 aliphatic carbocycles. The van der Waals surface area contributed by atoms with Crippen molar-refractivity contribution in [1.82, 2.24) is 9.80 Å². The van der Waals surface area contributed by atoms with Crippen LogP contribution in [0.25, 0.3) is 0 Å². The first kappa shape index (κ1) is 17.7. The summed E-state index contributed by atoms with van der Waals surface area (Å²) >= 11 is 0. The summed E-state index contributed by atoms with van der Waals surface area (Å²) in [5, 5.41) is 0. The van der Waals surface area contributed by atoms with Crippen molar-refractivity contribution in [3.8, 4) is 0 Å². The summed E-state index contributed by atoms with van der Waals surface area (Å²) in [7, 11) is 0. The van der Waals surface area contributed by atoms with E-state index in [-0.39, 0.29) is 0 Å². The lowest BCUT2D eigenvalue weighted by atomic mass is 10.1. The molecule has 0 amide bonds. The summed E-state index contributed by atoms with van der Waals surface area (Å²) in [4.78, 5) is 7.65. The van der Waals surface area contributed by atoms with Gasteiger partial charge in [-0.25, -0.2) is 0 Å². The van der Waals surface area contributed by atoms with E-state index in [9.17, 15) is 0 Å². The Hall–Kier alpha value is -1.10. The van der Waals surface area contributed by atoms with E-state index in [0.29, 0.717) is 0 Å². The first-order chi connectivity index (χ1) is 11.6. The highest BCUT2D eigenvalue weighted by molar-refractivity contribution is 5.51. The van der Waals surface area contributed by atoms with E-state index in [2.05, 4.69) is 53.7 Å². The van der Waals surface area contributed by atoms with Crippen molar-refractivity contribution >= 4 is 5.69 Å². The van der Waals surface area contributed by atoms with Gasteiger partial charge in [-0.3, -0.25) is 4.90 Å². The molecule has 2 aliphatic heterocycles. The standard InChI is InChI=1S/C20H33N3O/c1-17(2)15-21-6-8-22(9-7-21)16-19-4-5-20(14-18(19)3)23-10-12-24-13-11-23/h4-5,14,17H,6-13,15-16H2,1-3H3. The van der Waals surface area contributed by atoms with Crippen LogP contribution in [0.1, 0.15) is 25.0 Å². The molecule has 0 bridgehead atoms. The molecule has 2 fully saturated rings. The Balaban J connectivity index is 1.54. The van der Waals surface area contributed by atoms with Crippen LogP contribution in [0.5, 0.6) is 0 Å². The summed E-state index contributed by atoms with van der Waals surface area (Å²) in [6.45, 7) is 17.7. The third-order valence-corrected chi connectivity index (χ3v) is 5.18.